The van der Waals surface area contributed by atoms with Crippen LogP contribution in [0.1, 0.15) is 53.7 Å². The van der Waals surface area contributed by atoms with Crippen LogP contribution in [0.25, 0.3) is 5.65 Å². The number of imidazole rings is 1. The first kappa shape index (κ1) is 21.2. The van der Waals surface area contributed by atoms with Crippen LogP contribution in [0.5, 0.6) is 0 Å². The summed E-state index contributed by atoms with van der Waals surface area (Å²) in [6, 6.07) is 3.83. The van der Waals surface area contributed by atoms with Crippen molar-refractivity contribution in [1.29, 1.82) is 0 Å². The molecule has 8 heteroatoms. The third kappa shape index (κ3) is 4.24. The average molecular weight is 390 g/mol. The number of hydrogen-bond acceptors (Lipinski definition) is 5. The minimum absolute atomic E-state index is 0.185. The van der Waals surface area contributed by atoms with E-state index < -0.39 is 18.3 Å². The zero-order valence-electron chi connectivity index (χ0n) is 17.9. The Morgan fingerprint density at radius 1 is 1.14 bits per heavy atom. The Bertz CT molecular complexity index is 789. The van der Waals surface area contributed by atoms with E-state index >= 15 is 0 Å². The molecule has 2 saturated heterocycles. The van der Waals surface area contributed by atoms with E-state index in [9.17, 15) is 4.39 Å². The lowest BCUT2D eigenvalue weighted by atomic mass is 9.85. The maximum absolute atomic E-state index is 12.5. The Hall–Kier alpha value is -1.51. The highest BCUT2D eigenvalue weighted by Crippen LogP contribution is 2.36. The van der Waals surface area contributed by atoms with E-state index in [0.717, 1.165) is 36.6 Å². The lowest BCUT2D eigenvalue weighted by Crippen LogP contribution is -2.46. The van der Waals surface area contributed by atoms with Crippen molar-refractivity contribution in [2.24, 2.45) is 5.92 Å². The minimum atomic E-state index is -0.485. The Morgan fingerprint density at radius 2 is 1.75 bits per heavy atom. The summed E-state index contributed by atoms with van der Waals surface area (Å²) in [5.74, 6) is 0.185. The topological polar surface area (TPSA) is 51.9 Å². The maximum Gasteiger partial charge on any atom is 0.516 e. The van der Waals surface area contributed by atoms with Crippen molar-refractivity contribution in [2.75, 3.05) is 19.8 Å². The van der Waals surface area contributed by atoms with Crippen LogP contribution in [0.4, 0.5) is 4.39 Å². The Labute approximate surface area is 167 Å². The summed E-state index contributed by atoms with van der Waals surface area (Å²) < 4.78 is 26.4. The molecule has 0 aliphatic carbocycles. The van der Waals surface area contributed by atoms with Crippen molar-refractivity contribution in [3.8, 4) is 0 Å². The zero-order valence-corrected chi connectivity index (χ0v) is 17.9. The second-order valence-electron chi connectivity index (χ2n) is 8.80. The van der Waals surface area contributed by atoms with Gasteiger partial charge in [-0.3, -0.25) is 9.29 Å². The fourth-order valence-corrected chi connectivity index (χ4v) is 3.24. The number of fused-ring (bicyclic) bond motifs is 1. The molecule has 4 heterocycles. The number of alkyl halides is 1. The van der Waals surface area contributed by atoms with E-state index in [-0.39, 0.29) is 12.6 Å². The summed E-state index contributed by atoms with van der Waals surface area (Å²) in [6.07, 6.45) is 3.17. The SMILES string of the molecule is CC1(C)OB(c2ccc3nc(CN4CC(CF)C4)cn3n2)OC1(C)C.CCC. The second-order valence-corrected chi connectivity index (χ2v) is 8.80. The van der Waals surface area contributed by atoms with E-state index in [1.165, 1.54) is 6.42 Å². The van der Waals surface area contributed by atoms with Crippen LogP contribution in [0.3, 0.4) is 0 Å². The van der Waals surface area contributed by atoms with E-state index in [1.807, 2.05) is 46.0 Å². The molecule has 2 fully saturated rings. The van der Waals surface area contributed by atoms with Gasteiger partial charge in [-0.15, -0.1) is 0 Å². The average Bonchev–Trinajstić information content (AvgIpc) is 3.07. The van der Waals surface area contributed by atoms with Crippen LogP contribution in [0.15, 0.2) is 18.3 Å². The van der Waals surface area contributed by atoms with Gasteiger partial charge in [0.1, 0.15) is 0 Å². The molecule has 2 aromatic heterocycles. The quantitative estimate of drug-likeness (QED) is 0.752. The van der Waals surface area contributed by atoms with Gasteiger partial charge in [-0.2, -0.15) is 5.10 Å². The van der Waals surface area contributed by atoms with Gasteiger partial charge in [0.2, 0.25) is 0 Å². The standard InChI is InChI=1S/C17H24BFN4O2.C3H8/c1-16(2)17(3,4)25-18(24-16)14-5-6-15-20-13(11-23(15)21-14)10-22-8-12(7-19)9-22;1-3-2/h5-6,11-12H,7-10H2,1-4H3;3H2,1-2H3. The van der Waals surface area contributed by atoms with Crippen LogP contribution in [-0.2, 0) is 15.9 Å². The number of aromatic nitrogens is 3. The van der Waals surface area contributed by atoms with Crippen molar-refractivity contribution in [1.82, 2.24) is 19.5 Å². The summed E-state index contributed by atoms with van der Waals surface area (Å²) in [5, 5.41) is 4.62. The van der Waals surface area contributed by atoms with Crippen LogP contribution in [-0.4, -0.2) is 57.6 Å². The van der Waals surface area contributed by atoms with E-state index in [1.54, 1.807) is 4.52 Å². The lowest BCUT2D eigenvalue weighted by molar-refractivity contribution is 0.00578. The summed E-state index contributed by atoms with van der Waals surface area (Å²) in [6.45, 7) is 14.5. The molecule has 0 N–H and O–H groups in total. The molecule has 28 heavy (non-hydrogen) atoms. The van der Waals surface area contributed by atoms with Gasteiger partial charge in [-0.05, 0) is 39.8 Å². The number of nitrogens with zero attached hydrogens (tertiary/aromatic N) is 4. The highest BCUT2D eigenvalue weighted by Gasteiger charge is 2.52. The van der Waals surface area contributed by atoms with Crippen molar-refractivity contribution >= 4 is 18.4 Å². The third-order valence-corrected chi connectivity index (χ3v) is 5.52. The highest BCUT2D eigenvalue weighted by atomic mass is 19.1. The van der Waals surface area contributed by atoms with Crippen molar-refractivity contribution in [2.45, 2.75) is 65.7 Å². The van der Waals surface area contributed by atoms with Crippen LogP contribution in [0, 0.1) is 5.92 Å². The maximum atomic E-state index is 12.5. The Morgan fingerprint density at radius 3 is 2.32 bits per heavy atom. The number of likely N-dealkylation sites (tertiary alicyclic amines) is 1. The molecule has 0 bridgehead atoms. The number of halogens is 1. The predicted octanol–water partition coefficient (Wildman–Crippen LogP) is 2.85. The monoisotopic (exact) mass is 390 g/mol. The fourth-order valence-electron chi connectivity index (χ4n) is 3.24. The van der Waals surface area contributed by atoms with Crippen LogP contribution < -0.4 is 5.59 Å². The zero-order chi connectivity index (χ0) is 20.5. The number of hydrogen-bond donors (Lipinski definition) is 0. The largest absolute Gasteiger partial charge is 0.516 e. The number of rotatable bonds is 4. The molecule has 0 atom stereocenters. The van der Waals surface area contributed by atoms with Gasteiger partial charge in [-0.1, -0.05) is 20.3 Å². The molecule has 0 amide bonds. The van der Waals surface area contributed by atoms with Gasteiger partial charge in [0.05, 0.1) is 35.4 Å². The second kappa shape index (κ2) is 8.09. The molecule has 0 radical (unpaired) electrons. The Kier molecular flexibility index (Phi) is 6.13. The molecular formula is C20H32BFN4O2. The molecule has 2 aliphatic heterocycles. The van der Waals surface area contributed by atoms with Gasteiger partial charge in [0.15, 0.2) is 5.65 Å². The van der Waals surface area contributed by atoms with E-state index in [2.05, 4.69) is 28.8 Å². The lowest BCUT2D eigenvalue weighted by Gasteiger charge is -2.37. The van der Waals surface area contributed by atoms with Gasteiger partial charge in [0, 0.05) is 25.6 Å². The fraction of sp³-hybridized carbons (Fsp3) is 0.700. The van der Waals surface area contributed by atoms with Crippen LogP contribution in [0.2, 0.25) is 0 Å². The van der Waals surface area contributed by atoms with Gasteiger partial charge in [0.25, 0.3) is 0 Å². The summed E-state index contributed by atoms with van der Waals surface area (Å²) in [7, 11) is -0.485. The first-order chi connectivity index (χ1) is 13.2. The smallest absolute Gasteiger partial charge is 0.398 e. The molecule has 0 spiro atoms. The Balaban J connectivity index is 0.000000706. The van der Waals surface area contributed by atoms with E-state index in [4.69, 9.17) is 9.31 Å². The van der Waals surface area contributed by atoms with Crippen molar-refractivity contribution < 1.29 is 13.7 Å². The highest BCUT2D eigenvalue weighted by molar-refractivity contribution is 6.61. The van der Waals surface area contributed by atoms with E-state index in [0.29, 0.717) is 0 Å². The van der Waals surface area contributed by atoms with Crippen LogP contribution >= 0.6 is 0 Å². The molecule has 154 valence electrons. The predicted molar refractivity (Wildman–Crippen MR) is 109 cm³/mol. The minimum Gasteiger partial charge on any atom is -0.398 e. The normalized spacial score (nSPS) is 21.5. The molecule has 2 aromatic rings. The molecule has 6 nitrogen and oxygen atoms in total. The molecule has 2 aliphatic rings. The molecule has 0 aromatic carbocycles. The summed E-state index contributed by atoms with van der Waals surface area (Å²) in [4.78, 5) is 6.79. The first-order valence-corrected chi connectivity index (χ1v) is 10.2. The summed E-state index contributed by atoms with van der Waals surface area (Å²) in [5.41, 5.74) is 1.68. The molecular weight excluding hydrogens is 358 g/mol. The molecule has 4 rings (SSSR count). The van der Waals surface area contributed by atoms with Gasteiger partial charge < -0.3 is 9.31 Å². The molecule has 0 unspecified atom stereocenters. The van der Waals surface area contributed by atoms with Gasteiger partial charge in [-0.25, -0.2) is 9.50 Å². The van der Waals surface area contributed by atoms with Crippen molar-refractivity contribution in [3.05, 3.63) is 24.0 Å². The summed E-state index contributed by atoms with van der Waals surface area (Å²) >= 11 is 0. The molecule has 0 saturated carbocycles. The first-order valence-electron chi connectivity index (χ1n) is 10.2. The van der Waals surface area contributed by atoms with Gasteiger partial charge >= 0.3 is 7.12 Å². The van der Waals surface area contributed by atoms with Crippen molar-refractivity contribution in [3.63, 3.8) is 0 Å². The third-order valence-electron chi connectivity index (χ3n) is 5.52.